The molecule has 7 atom stereocenters. The molecule has 0 aromatic carbocycles. The lowest BCUT2D eigenvalue weighted by molar-refractivity contribution is -0.161. The molecule has 0 aliphatic heterocycles. The maximum Gasteiger partial charge on any atom is 0.155 e. The van der Waals surface area contributed by atoms with Gasteiger partial charge in [0, 0.05) is 30.3 Å². The Morgan fingerprint density at radius 2 is 1.96 bits per heavy atom. The van der Waals surface area contributed by atoms with Gasteiger partial charge in [-0.05, 0) is 68.8 Å². The minimum atomic E-state index is -1.33. The fourth-order valence-electron chi connectivity index (χ4n) is 7.49. The Labute approximate surface area is 155 Å². The summed E-state index contributed by atoms with van der Waals surface area (Å²) in [5.41, 5.74) is -1.26. The number of aliphatic hydroxyl groups excluding tert-OH is 1. The lowest BCUT2D eigenvalue weighted by Crippen LogP contribution is -2.62. The van der Waals surface area contributed by atoms with E-state index < -0.39 is 11.1 Å². The number of hydrogen-bond donors (Lipinski definition) is 1. The molecule has 1 unspecified atom stereocenters. The third-order valence-corrected chi connectivity index (χ3v) is 8.94. The number of carbonyl (C=O) groups excluding carboxylic acids is 2. The molecule has 0 spiro atoms. The zero-order chi connectivity index (χ0) is 18.9. The molecule has 0 radical (unpaired) electrons. The number of ketones is 2. The minimum absolute atomic E-state index is 0.0269. The second-order valence-corrected chi connectivity index (χ2v) is 9.84. The third kappa shape index (κ3) is 2.14. The molecule has 144 valence electrons. The quantitative estimate of drug-likeness (QED) is 0.807. The van der Waals surface area contributed by atoms with Crippen LogP contribution in [0.4, 0.5) is 4.39 Å². The first-order chi connectivity index (χ1) is 12.2. The highest BCUT2D eigenvalue weighted by Gasteiger charge is 2.68. The molecule has 0 bridgehead atoms. The van der Waals surface area contributed by atoms with Crippen molar-refractivity contribution >= 4 is 11.6 Å². The standard InChI is InChI=1S/C22H31FO3/c1-13(25)16-4-5-17-19-10-14(12-24)18-11-15(26)6-7-21(18,3)22(19,23)9-8-20(16,17)2/h11,14,16-17,19,24H,4-10,12H2,1-3H3/t14?,16-,17+,19+,20-,21+,22-/m1/s1. The molecular formula is C22H31FO3. The fraction of sp³-hybridized carbons (Fsp3) is 0.818. The van der Waals surface area contributed by atoms with Gasteiger partial charge in [0.2, 0.25) is 0 Å². The molecule has 3 saturated carbocycles. The molecule has 0 heterocycles. The van der Waals surface area contributed by atoms with Gasteiger partial charge in [0.15, 0.2) is 5.78 Å². The average molecular weight is 362 g/mol. The molecule has 0 aromatic heterocycles. The van der Waals surface area contributed by atoms with Gasteiger partial charge in [-0.2, -0.15) is 0 Å². The molecule has 26 heavy (non-hydrogen) atoms. The fourth-order valence-corrected chi connectivity index (χ4v) is 7.49. The van der Waals surface area contributed by atoms with Crippen LogP contribution in [0.3, 0.4) is 0 Å². The topological polar surface area (TPSA) is 54.4 Å². The van der Waals surface area contributed by atoms with Crippen molar-refractivity contribution in [3.63, 3.8) is 0 Å². The number of fused-ring (bicyclic) bond motifs is 5. The highest BCUT2D eigenvalue weighted by atomic mass is 19.1. The van der Waals surface area contributed by atoms with Gasteiger partial charge in [0.25, 0.3) is 0 Å². The summed E-state index contributed by atoms with van der Waals surface area (Å²) in [7, 11) is 0. The highest BCUT2D eigenvalue weighted by Crippen LogP contribution is 2.70. The minimum Gasteiger partial charge on any atom is -0.396 e. The zero-order valence-corrected chi connectivity index (χ0v) is 16.2. The molecular weight excluding hydrogens is 331 g/mol. The monoisotopic (exact) mass is 362 g/mol. The van der Waals surface area contributed by atoms with Crippen LogP contribution < -0.4 is 0 Å². The van der Waals surface area contributed by atoms with Gasteiger partial charge < -0.3 is 5.11 Å². The lowest BCUT2D eigenvalue weighted by Gasteiger charge is -2.62. The Kier molecular flexibility index (Phi) is 4.04. The van der Waals surface area contributed by atoms with Gasteiger partial charge in [-0.3, -0.25) is 9.59 Å². The second kappa shape index (κ2) is 5.73. The van der Waals surface area contributed by atoms with E-state index in [1.807, 2.05) is 6.92 Å². The molecule has 0 saturated heterocycles. The number of carbonyl (C=O) groups is 2. The molecule has 0 amide bonds. The van der Waals surface area contributed by atoms with E-state index in [2.05, 4.69) is 6.92 Å². The summed E-state index contributed by atoms with van der Waals surface area (Å²) in [6.45, 7) is 5.84. The van der Waals surface area contributed by atoms with Crippen LogP contribution in [0.15, 0.2) is 11.6 Å². The molecule has 0 aromatic rings. The molecule has 4 aliphatic rings. The third-order valence-electron chi connectivity index (χ3n) is 8.94. The van der Waals surface area contributed by atoms with E-state index in [4.69, 9.17) is 0 Å². The van der Waals surface area contributed by atoms with E-state index in [1.165, 1.54) is 0 Å². The van der Waals surface area contributed by atoms with Gasteiger partial charge in [-0.25, -0.2) is 4.39 Å². The number of alkyl halides is 1. The van der Waals surface area contributed by atoms with Gasteiger partial charge in [-0.15, -0.1) is 0 Å². The van der Waals surface area contributed by atoms with E-state index in [-0.39, 0.29) is 47.3 Å². The maximum atomic E-state index is 16.8. The van der Waals surface area contributed by atoms with E-state index in [9.17, 15) is 14.7 Å². The number of aliphatic hydroxyl groups is 1. The van der Waals surface area contributed by atoms with Crippen LogP contribution >= 0.6 is 0 Å². The molecule has 4 aliphatic carbocycles. The average Bonchev–Trinajstić information content (AvgIpc) is 2.94. The summed E-state index contributed by atoms with van der Waals surface area (Å²) in [5.74, 6) is 0.291. The predicted octanol–water partition coefficient (Wildman–Crippen LogP) is 4.03. The summed E-state index contributed by atoms with van der Waals surface area (Å²) in [4.78, 5) is 24.2. The normalized spacial score (nSPS) is 50.5. The van der Waals surface area contributed by atoms with Crippen molar-refractivity contribution in [1.82, 2.24) is 0 Å². The number of rotatable bonds is 2. The Hall–Kier alpha value is -1.03. The molecule has 3 nitrogen and oxygen atoms in total. The van der Waals surface area contributed by atoms with Crippen molar-refractivity contribution in [3.05, 3.63) is 11.6 Å². The van der Waals surface area contributed by atoms with Crippen molar-refractivity contribution < 1.29 is 19.1 Å². The number of Topliss-reactive ketones (excluding diaryl/α,β-unsaturated/α-hetero) is 1. The van der Waals surface area contributed by atoms with E-state index >= 15 is 4.39 Å². The van der Waals surface area contributed by atoms with Gasteiger partial charge in [0.1, 0.15) is 11.5 Å². The first-order valence-corrected chi connectivity index (χ1v) is 10.2. The smallest absolute Gasteiger partial charge is 0.155 e. The van der Waals surface area contributed by atoms with Crippen molar-refractivity contribution in [2.75, 3.05) is 6.61 Å². The molecule has 1 N–H and O–H groups in total. The van der Waals surface area contributed by atoms with Crippen molar-refractivity contribution in [3.8, 4) is 0 Å². The van der Waals surface area contributed by atoms with Gasteiger partial charge in [-0.1, -0.05) is 19.4 Å². The van der Waals surface area contributed by atoms with Crippen LogP contribution in [0.5, 0.6) is 0 Å². The first-order valence-electron chi connectivity index (χ1n) is 10.2. The van der Waals surface area contributed by atoms with Crippen molar-refractivity contribution in [2.24, 2.45) is 34.5 Å². The largest absolute Gasteiger partial charge is 0.396 e. The van der Waals surface area contributed by atoms with E-state index in [0.29, 0.717) is 25.7 Å². The zero-order valence-electron chi connectivity index (χ0n) is 16.2. The van der Waals surface area contributed by atoms with Crippen molar-refractivity contribution in [1.29, 1.82) is 0 Å². The Balaban J connectivity index is 1.79. The van der Waals surface area contributed by atoms with Crippen LogP contribution in [0, 0.1) is 34.5 Å². The van der Waals surface area contributed by atoms with Crippen LogP contribution in [0.25, 0.3) is 0 Å². The summed E-state index contributed by atoms with van der Waals surface area (Å²) in [6.07, 6.45) is 6.17. The molecule has 3 fully saturated rings. The Morgan fingerprint density at radius 1 is 1.23 bits per heavy atom. The van der Waals surface area contributed by atoms with Crippen LogP contribution in [0.1, 0.15) is 65.7 Å². The van der Waals surface area contributed by atoms with Crippen LogP contribution in [-0.4, -0.2) is 28.9 Å². The van der Waals surface area contributed by atoms with E-state index in [0.717, 1.165) is 24.8 Å². The molecule has 4 rings (SSSR count). The van der Waals surface area contributed by atoms with Gasteiger partial charge >= 0.3 is 0 Å². The summed E-state index contributed by atoms with van der Waals surface area (Å²) < 4.78 is 16.8. The summed E-state index contributed by atoms with van der Waals surface area (Å²) in [6, 6.07) is 0. The molecule has 4 heteroatoms. The Morgan fingerprint density at radius 3 is 2.62 bits per heavy atom. The van der Waals surface area contributed by atoms with E-state index in [1.54, 1.807) is 13.0 Å². The van der Waals surface area contributed by atoms with Crippen LogP contribution in [0.2, 0.25) is 0 Å². The summed E-state index contributed by atoms with van der Waals surface area (Å²) in [5, 5.41) is 10.0. The highest BCUT2D eigenvalue weighted by molar-refractivity contribution is 5.92. The predicted molar refractivity (Wildman–Crippen MR) is 97.2 cm³/mol. The SMILES string of the molecule is CC(=O)[C@H]1CC[C@H]2[C@@H]3CC(CO)C4=CC(=O)CC[C@]4(C)[C@@]3(F)CC[C@]12C. The lowest BCUT2D eigenvalue weighted by atomic mass is 9.43. The van der Waals surface area contributed by atoms with Crippen LogP contribution in [-0.2, 0) is 9.59 Å². The first kappa shape index (κ1) is 18.3. The maximum absolute atomic E-state index is 16.8. The number of halogens is 1. The van der Waals surface area contributed by atoms with Crippen molar-refractivity contribution in [2.45, 2.75) is 71.4 Å². The Bertz CT molecular complexity index is 685. The second-order valence-electron chi connectivity index (χ2n) is 9.84. The van der Waals surface area contributed by atoms with Gasteiger partial charge in [0.05, 0.1) is 0 Å². The summed E-state index contributed by atoms with van der Waals surface area (Å²) >= 11 is 0. The number of hydrogen-bond acceptors (Lipinski definition) is 3.